The molecule has 2 atom stereocenters. The van der Waals surface area contributed by atoms with E-state index in [9.17, 15) is 4.79 Å². The molecular formula is C20H25NOS. The highest BCUT2D eigenvalue weighted by Crippen LogP contribution is 2.20. The van der Waals surface area contributed by atoms with Crippen LogP contribution in [0, 0.1) is 13.8 Å². The fraction of sp³-hybridized carbons (Fsp3) is 0.350. The van der Waals surface area contributed by atoms with E-state index in [4.69, 9.17) is 0 Å². The normalized spacial score (nSPS) is 13.4. The minimum atomic E-state index is -0.0656. The van der Waals surface area contributed by atoms with Gasteiger partial charge in [0.15, 0.2) is 0 Å². The van der Waals surface area contributed by atoms with Crippen LogP contribution in [-0.4, -0.2) is 11.2 Å². The second-order valence-corrected chi connectivity index (χ2v) is 7.34. The predicted octanol–water partition coefficient (Wildman–Crippen LogP) is 4.80. The van der Waals surface area contributed by atoms with Crippen molar-refractivity contribution >= 4 is 17.7 Å². The number of benzene rings is 2. The summed E-state index contributed by atoms with van der Waals surface area (Å²) in [7, 11) is 0. The van der Waals surface area contributed by atoms with E-state index < -0.39 is 0 Å². The number of amides is 1. The van der Waals surface area contributed by atoms with Crippen molar-refractivity contribution in [1.29, 1.82) is 0 Å². The molecule has 0 heterocycles. The van der Waals surface area contributed by atoms with Gasteiger partial charge in [-0.2, -0.15) is 0 Å². The van der Waals surface area contributed by atoms with E-state index in [2.05, 4.69) is 49.5 Å². The molecule has 2 aromatic rings. The largest absolute Gasteiger partial charge is 0.349 e. The topological polar surface area (TPSA) is 29.1 Å². The molecule has 0 aliphatic rings. The minimum absolute atomic E-state index is 0.0292. The van der Waals surface area contributed by atoms with E-state index in [1.165, 1.54) is 16.7 Å². The molecule has 0 unspecified atom stereocenters. The number of rotatable bonds is 6. The number of nitrogens with one attached hydrogen (secondary N) is 1. The van der Waals surface area contributed by atoms with Gasteiger partial charge in [-0.25, -0.2) is 0 Å². The van der Waals surface area contributed by atoms with Crippen molar-refractivity contribution in [2.45, 2.75) is 44.7 Å². The molecule has 0 radical (unpaired) electrons. The lowest BCUT2D eigenvalue weighted by Crippen LogP contribution is -2.33. The summed E-state index contributed by atoms with van der Waals surface area (Å²) in [5.41, 5.74) is 4.94. The molecule has 2 rings (SSSR count). The highest BCUT2D eigenvalue weighted by atomic mass is 32.2. The maximum absolute atomic E-state index is 12.4. The zero-order chi connectivity index (χ0) is 16.8. The molecule has 122 valence electrons. The fourth-order valence-electron chi connectivity index (χ4n) is 2.32. The first-order chi connectivity index (χ1) is 11.0. The van der Waals surface area contributed by atoms with Crippen LogP contribution in [0.25, 0.3) is 0 Å². The van der Waals surface area contributed by atoms with Crippen LogP contribution in [0.1, 0.15) is 42.1 Å². The smallest absolute Gasteiger partial charge is 0.233 e. The van der Waals surface area contributed by atoms with E-state index in [0.717, 1.165) is 11.3 Å². The second-order valence-electron chi connectivity index (χ2n) is 6.01. The van der Waals surface area contributed by atoms with Crippen LogP contribution in [0.4, 0.5) is 0 Å². The number of carbonyl (C=O) groups is 1. The molecular weight excluding hydrogens is 302 g/mol. The van der Waals surface area contributed by atoms with E-state index >= 15 is 0 Å². The van der Waals surface area contributed by atoms with Crippen LogP contribution in [-0.2, 0) is 10.5 Å². The number of thioether (sulfide) groups is 1. The molecule has 3 heteroatoms. The molecule has 1 N–H and O–H groups in total. The summed E-state index contributed by atoms with van der Waals surface area (Å²) in [6, 6.07) is 16.6. The Hall–Kier alpha value is -1.74. The molecule has 0 aromatic heterocycles. The summed E-state index contributed by atoms with van der Waals surface area (Å²) in [5.74, 6) is 0.949. The summed E-state index contributed by atoms with van der Waals surface area (Å²) in [5, 5.41) is 3.05. The first kappa shape index (κ1) is 17.6. The Morgan fingerprint density at radius 3 is 2.39 bits per heavy atom. The Morgan fingerprint density at radius 1 is 1.04 bits per heavy atom. The van der Waals surface area contributed by atoms with Gasteiger partial charge in [-0.15, -0.1) is 11.8 Å². The molecule has 1 amide bonds. The van der Waals surface area contributed by atoms with Gasteiger partial charge in [-0.05, 0) is 49.9 Å². The lowest BCUT2D eigenvalue weighted by atomic mass is 10.0. The van der Waals surface area contributed by atoms with E-state index in [0.29, 0.717) is 0 Å². The lowest BCUT2D eigenvalue weighted by molar-refractivity contribution is -0.120. The fourth-order valence-corrected chi connectivity index (χ4v) is 3.17. The number of hydrogen-bond acceptors (Lipinski definition) is 2. The van der Waals surface area contributed by atoms with Crippen LogP contribution in [0.3, 0.4) is 0 Å². The van der Waals surface area contributed by atoms with Gasteiger partial charge in [0.2, 0.25) is 5.91 Å². The van der Waals surface area contributed by atoms with Gasteiger partial charge in [-0.1, -0.05) is 48.5 Å². The van der Waals surface area contributed by atoms with E-state index in [1.807, 2.05) is 32.0 Å². The summed E-state index contributed by atoms with van der Waals surface area (Å²) in [4.78, 5) is 12.4. The van der Waals surface area contributed by atoms with Crippen molar-refractivity contribution in [3.63, 3.8) is 0 Å². The number of aryl methyl sites for hydroxylation is 2. The monoisotopic (exact) mass is 327 g/mol. The first-order valence-corrected chi connectivity index (χ1v) is 9.05. The minimum Gasteiger partial charge on any atom is -0.349 e. The SMILES string of the molecule is Cc1ccc([C@@H](C)NC(=O)[C@@H](C)SCc2ccccc2)cc1C. The van der Waals surface area contributed by atoms with Crippen LogP contribution in [0.15, 0.2) is 48.5 Å². The number of carbonyl (C=O) groups excluding carboxylic acids is 1. The molecule has 0 aliphatic heterocycles. The quantitative estimate of drug-likeness (QED) is 0.825. The zero-order valence-electron chi connectivity index (χ0n) is 14.3. The predicted molar refractivity (Wildman–Crippen MR) is 99.7 cm³/mol. The molecule has 2 aromatic carbocycles. The van der Waals surface area contributed by atoms with Crippen LogP contribution >= 0.6 is 11.8 Å². The molecule has 0 saturated carbocycles. The van der Waals surface area contributed by atoms with Gasteiger partial charge in [0.1, 0.15) is 0 Å². The molecule has 0 aliphatic carbocycles. The maximum atomic E-state index is 12.4. The third-order valence-corrected chi connectivity index (χ3v) is 5.32. The van der Waals surface area contributed by atoms with Crippen LogP contribution in [0.2, 0.25) is 0 Å². The third kappa shape index (κ3) is 5.14. The molecule has 0 saturated heterocycles. The third-order valence-electron chi connectivity index (χ3n) is 4.10. The lowest BCUT2D eigenvalue weighted by Gasteiger charge is -2.18. The van der Waals surface area contributed by atoms with Crippen molar-refractivity contribution in [1.82, 2.24) is 5.32 Å². The molecule has 0 bridgehead atoms. The van der Waals surface area contributed by atoms with E-state index in [-0.39, 0.29) is 17.2 Å². The molecule has 0 fully saturated rings. The Kier molecular flexibility index (Phi) is 6.28. The summed E-state index contributed by atoms with van der Waals surface area (Å²) in [6.45, 7) is 8.21. The molecule has 2 nitrogen and oxygen atoms in total. The second kappa shape index (κ2) is 8.21. The van der Waals surface area contributed by atoms with Crippen molar-refractivity contribution in [3.8, 4) is 0 Å². The molecule has 23 heavy (non-hydrogen) atoms. The Balaban J connectivity index is 1.88. The maximum Gasteiger partial charge on any atom is 0.233 e. The van der Waals surface area contributed by atoms with E-state index in [1.54, 1.807) is 11.8 Å². The molecule has 0 spiro atoms. The van der Waals surface area contributed by atoms with Crippen molar-refractivity contribution in [3.05, 3.63) is 70.8 Å². The van der Waals surface area contributed by atoms with Crippen LogP contribution < -0.4 is 5.32 Å². The first-order valence-electron chi connectivity index (χ1n) is 8.00. The summed E-state index contributed by atoms with van der Waals surface area (Å²) >= 11 is 1.67. The van der Waals surface area contributed by atoms with Crippen molar-refractivity contribution < 1.29 is 4.79 Å². The number of hydrogen-bond donors (Lipinski definition) is 1. The standard InChI is InChI=1S/C20H25NOS/c1-14-10-11-19(12-15(14)2)16(3)21-20(22)17(4)23-13-18-8-6-5-7-9-18/h5-12,16-17H,13H2,1-4H3,(H,21,22)/t16-,17-/m1/s1. The van der Waals surface area contributed by atoms with Crippen molar-refractivity contribution in [2.75, 3.05) is 0 Å². The zero-order valence-corrected chi connectivity index (χ0v) is 15.1. The van der Waals surface area contributed by atoms with Crippen LogP contribution in [0.5, 0.6) is 0 Å². The average Bonchev–Trinajstić information content (AvgIpc) is 2.55. The van der Waals surface area contributed by atoms with Gasteiger partial charge >= 0.3 is 0 Å². The van der Waals surface area contributed by atoms with Gasteiger partial charge in [0.05, 0.1) is 11.3 Å². The van der Waals surface area contributed by atoms with Gasteiger partial charge in [0, 0.05) is 5.75 Å². The van der Waals surface area contributed by atoms with Gasteiger partial charge in [0.25, 0.3) is 0 Å². The summed E-state index contributed by atoms with van der Waals surface area (Å²) < 4.78 is 0. The Bertz CT molecular complexity index is 654. The van der Waals surface area contributed by atoms with Crippen molar-refractivity contribution in [2.24, 2.45) is 0 Å². The van der Waals surface area contributed by atoms with Gasteiger partial charge < -0.3 is 5.32 Å². The van der Waals surface area contributed by atoms with Gasteiger partial charge in [-0.3, -0.25) is 4.79 Å². The summed E-state index contributed by atoms with van der Waals surface area (Å²) in [6.07, 6.45) is 0. The highest BCUT2D eigenvalue weighted by Gasteiger charge is 2.16. The Labute approximate surface area is 143 Å². The highest BCUT2D eigenvalue weighted by molar-refractivity contribution is 7.99. The average molecular weight is 327 g/mol. The Morgan fingerprint density at radius 2 is 1.74 bits per heavy atom.